The number of anilines is 1. The van der Waals surface area contributed by atoms with E-state index in [1.807, 2.05) is 42.5 Å². The number of halogens is 3. The summed E-state index contributed by atoms with van der Waals surface area (Å²) in [5.41, 5.74) is 0.896. The van der Waals surface area contributed by atoms with Crippen LogP contribution in [-0.2, 0) is 11.0 Å². The van der Waals surface area contributed by atoms with Crippen LogP contribution in [0.15, 0.2) is 84.4 Å². The molecule has 29 heavy (non-hydrogen) atoms. The Kier molecular flexibility index (Phi) is 5.79. The summed E-state index contributed by atoms with van der Waals surface area (Å²) in [4.78, 5) is 12.3. The number of amides is 1. The van der Waals surface area contributed by atoms with Crippen LogP contribution < -0.4 is 5.32 Å². The van der Waals surface area contributed by atoms with Crippen LogP contribution in [0.1, 0.15) is 11.1 Å². The minimum Gasteiger partial charge on any atom is -0.321 e. The molecule has 0 heterocycles. The molecule has 144 valence electrons. The molecule has 0 saturated carbocycles. The van der Waals surface area contributed by atoms with Crippen molar-refractivity contribution in [2.24, 2.45) is 0 Å². The Balaban J connectivity index is 1.82. The van der Waals surface area contributed by atoms with E-state index in [1.165, 1.54) is 18.2 Å². The van der Waals surface area contributed by atoms with E-state index in [0.29, 0.717) is 5.56 Å². The lowest BCUT2D eigenvalue weighted by atomic mass is 10.0. The van der Waals surface area contributed by atoms with Gasteiger partial charge in [-0.2, -0.15) is 18.4 Å². The maximum Gasteiger partial charge on any atom is 0.418 e. The van der Waals surface area contributed by atoms with Gasteiger partial charge in [-0.3, -0.25) is 4.79 Å². The molecule has 3 aromatic rings. The second-order valence-corrected chi connectivity index (χ2v) is 6.16. The standard InChI is InChI=1S/C23H15F3N2O/c24-23(25,26)20-8-4-5-9-21(20)28-22(29)19(15-27)14-16-10-12-18(13-11-16)17-6-2-1-3-7-17/h1-14H,(H,28,29). The molecule has 0 bridgehead atoms. The molecule has 0 aliphatic rings. The van der Waals surface area contributed by atoms with Crippen LogP contribution >= 0.6 is 0 Å². The Morgan fingerprint density at radius 1 is 0.862 bits per heavy atom. The monoisotopic (exact) mass is 392 g/mol. The van der Waals surface area contributed by atoms with E-state index in [2.05, 4.69) is 5.32 Å². The number of nitrogens with one attached hydrogen (secondary N) is 1. The molecule has 0 spiro atoms. The van der Waals surface area contributed by atoms with E-state index in [-0.39, 0.29) is 5.57 Å². The van der Waals surface area contributed by atoms with Gasteiger partial charge in [0.2, 0.25) is 0 Å². The van der Waals surface area contributed by atoms with Crippen LogP contribution in [0.3, 0.4) is 0 Å². The molecule has 1 N–H and O–H groups in total. The van der Waals surface area contributed by atoms with Gasteiger partial charge in [0.05, 0.1) is 11.3 Å². The topological polar surface area (TPSA) is 52.9 Å². The Morgan fingerprint density at radius 3 is 2.07 bits per heavy atom. The Bertz CT molecular complexity index is 1080. The zero-order valence-electron chi connectivity index (χ0n) is 15.1. The number of alkyl halides is 3. The molecule has 0 saturated heterocycles. The first-order chi connectivity index (χ1) is 13.9. The van der Waals surface area contributed by atoms with Crippen LogP contribution in [0.5, 0.6) is 0 Å². The first-order valence-electron chi connectivity index (χ1n) is 8.63. The van der Waals surface area contributed by atoms with E-state index in [9.17, 15) is 23.2 Å². The van der Waals surface area contributed by atoms with Gasteiger partial charge in [0.15, 0.2) is 0 Å². The summed E-state index contributed by atoms with van der Waals surface area (Å²) >= 11 is 0. The van der Waals surface area contributed by atoms with Crippen molar-refractivity contribution in [1.82, 2.24) is 0 Å². The van der Waals surface area contributed by atoms with Crippen molar-refractivity contribution in [3.63, 3.8) is 0 Å². The van der Waals surface area contributed by atoms with Gasteiger partial charge in [0, 0.05) is 0 Å². The fourth-order valence-electron chi connectivity index (χ4n) is 2.75. The van der Waals surface area contributed by atoms with Crippen molar-refractivity contribution < 1.29 is 18.0 Å². The summed E-state index contributed by atoms with van der Waals surface area (Å²) in [5, 5.41) is 11.5. The summed E-state index contributed by atoms with van der Waals surface area (Å²) in [7, 11) is 0. The summed E-state index contributed by atoms with van der Waals surface area (Å²) in [6.45, 7) is 0. The molecular formula is C23H15F3N2O. The van der Waals surface area contributed by atoms with Gasteiger partial charge in [-0.05, 0) is 34.9 Å². The quantitative estimate of drug-likeness (QED) is 0.443. The van der Waals surface area contributed by atoms with Crippen LogP contribution in [0, 0.1) is 11.3 Å². The molecule has 0 aromatic heterocycles. The summed E-state index contributed by atoms with van der Waals surface area (Å²) in [5.74, 6) is -0.906. The van der Waals surface area contributed by atoms with Crippen molar-refractivity contribution in [3.05, 3.63) is 95.6 Å². The van der Waals surface area contributed by atoms with E-state index >= 15 is 0 Å². The number of nitriles is 1. The smallest absolute Gasteiger partial charge is 0.321 e. The van der Waals surface area contributed by atoms with Gasteiger partial charge in [0.1, 0.15) is 11.6 Å². The van der Waals surface area contributed by atoms with Gasteiger partial charge < -0.3 is 5.32 Å². The van der Waals surface area contributed by atoms with E-state index in [4.69, 9.17) is 0 Å². The molecule has 3 aromatic carbocycles. The van der Waals surface area contributed by atoms with E-state index < -0.39 is 23.3 Å². The zero-order valence-corrected chi connectivity index (χ0v) is 15.1. The number of nitrogens with zero attached hydrogens (tertiary/aromatic N) is 1. The fraction of sp³-hybridized carbons (Fsp3) is 0.0435. The van der Waals surface area contributed by atoms with Gasteiger partial charge >= 0.3 is 6.18 Å². The van der Waals surface area contributed by atoms with Crippen LogP contribution in [0.2, 0.25) is 0 Å². The van der Waals surface area contributed by atoms with Crippen LogP contribution in [0.25, 0.3) is 17.2 Å². The summed E-state index contributed by atoms with van der Waals surface area (Å²) in [6, 6.07) is 23.2. The normalized spacial score (nSPS) is 11.6. The van der Waals surface area contributed by atoms with E-state index in [0.717, 1.165) is 23.3 Å². The van der Waals surface area contributed by atoms with Gasteiger partial charge in [-0.15, -0.1) is 0 Å². The van der Waals surface area contributed by atoms with Crippen molar-refractivity contribution in [2.45, 2.75) is 6.18 Å². The highest BCUT2D eigenvalue weighted by molar-refractivity contribution is 6.10. The number of carbonyl (C=O) groups excluding carboxylic acids is 1. The lowest BCUT2D eigenvalue weighted by Gasteiger charge is -2.13. The van der Waals surface area contributed by atoms with Crippen molar-refractivity contribution in [3.8, 4) is 17.2 Å². The molecule has 0 atom stereocenters. The van der Waals surface area contributed by atoms with E-state index in [1.54, 1.807) is 18.2 Å². The number of hydrogen-bond acceptors (Lipinski definition) is 2. The molecule has 0 aliphatic carbocycles. The molecular weight excluding hydrogens is 377 g/mol. The zero-order chi connectivity index (χ0) is 20.9. The Morgan fingerprint density at radius 2 is 1.45 bits per heavy atom. The minimum absolute atomic E-state index is 0.297. The number of carbonyl (C=O) groups is 1. The Hall–Kier alpha value is -3.85. The highest BCUT2D eigenvalue weighted by Gasteiger charge is 2.33. The molecule has 0 fully saturated rings. The third-order valence-electron chi connectivity index (χ3n) is 4.17. The van der Waals surface area contributed by atoms with Crippen LogP contribution in [0.4, 0.5) is 18.9 Å². The average molecular weight is 392 g/mol. The van der Waals surface area contributed by atoms with Gasteiger partial charge in [-0.1, -0.05) is 66.7 Å². The average Bonchev–Trinajstić information content (AvgIpc) is 2.72. The number of benzene rings is 3. The fourth-order valence-corrected chi connectivity index (χ4v) is 2.75. The van der Waals surface area contributed by atoms with Crippen molar-refractivity contribution in [1.29, 1.82) is 5.26 Å². The van der Waals surface area contributed by atoms with Gasteiger partial charge in [-0.25, -0.2) is 0 Å². The largest absolute Gasteiger partial charge is 0.418 e. The highest BCUT2D eigenvalue weighted by Crippen LogP contribution is 2.34. The number of rotatable bonds is 4. The lowest BCUT2D eigenvalue weighted by Crippen LogP contribution is -2.17. The number of para-hydroxylation sites is 1. The lowest BCUT2D eigenvalue weighted by molar-refractivity contribution is -0.137. The maximum absolute atomic E-state index is 13.1. The number of hydrogen-bond donors (Lipinski definition) is 1. The molecule has 0 unspecified atom stereocenters. The minimum atomic E-state index is -4.62. The predicted molar refractivity (Wildman–Crippen MR) is 106 cm³/mol. The molecule has 0 aliphatic heterocycles. The second kappa shape index (κ2) is 8.44. The maximum atomic E-state index is 13.1. The van der Waals surface area contributed by atoms with Crippen molar-refractivity contribution in [2.75, 3.05) is 5.32 Å². The SMILES string of the molecule is N#CC(=Cc1ccc(-c2ccccc2)cc1)C(=O)Nc1ccccc1C(F)(F)F. The summed E-state index contributed by atoms with van der Waals surface area (Å²) < 4.78 is 39.2. The second-order valence-electron chi connectivity index (χ2n) is 6.16. The first-order valence-corrected chi connectivity index (χ1v) is 8.63. The first kappa shape index (κ1) is 19.9. The molecule has 3 rings (SSSR count). The molecule has 0 radical (unpaired) electrons. The van der Waals surface area contributed by atoms with Gasteiger partial charge in [0.25, 0.3) is 5.91 Å². The Labute approximate surface area is 165 Å². The summed E-state index contributed by atoms with van der Waals surface area (Å²) in [6.07, 6.45) is -3.28. The third-order valence-corrected chi connectivity index (χ3v) is 4.17. The third kappa shape index (κ3) is 4.90. The highest BCUT2D eigenvalue weighted by atomic mass is 19.4. The molecule has 1 amide bonds. The molecule has 6 heteroatoms. The molecule has 3 nitrogen and oxygen atoms in total. The van der Waals surface area contributed by atoms with Crippen molar-refractivity contribution >= 4 is 17.7 Å². The predicted octanol–water partition coefficient (Wildman–Crippen LogP) is 5.92. The van der Waals surface area contributed by atoms with Crippen LogP contribution in [-0.4, -0.2) is 5.91 Å².